The quantitative estimate of drug-likeness (QED) is 0.395. The molecule has 1 N–H and O–H groups in total. The number of carbonyl (C=O) groups is 1. The van der Waals surface area contributed by atoms with Crippen LogP contribution in [0.3, 0.4) is 0 Å². The van der Waals surface area contributed by atoms with Gasteiger partial charge < -0.3 is 5.32 Å². The second-order valence-electron chi connectivity index (χ2n) is 8.21. The van der Waals surface area contributed by atoms with Crippen LogP contribution in [-0.4, -0.2) is 31.6 Å². The number of halogens is 1. The maximum Gasteiger partial charge on any atom is 0.255 e. The van der Waals surface area contributed by atoms with Gasteiger partial charge in [0.25, 0.3) is 5.91 Å². The van der Waals surface area contributed by atoms with Gasteiger partial charge in [-0.25, -0.2) is 8.42 Å². The predicted octanol–water partition coefficient (Wildman–Crippen LogP) is 5.74. The first kappa shape index (κ1) is 22.4. The number of anilines is 2. The predicted molar refractivity (Wildman–Crippen MR) is 137 cm³/mol. The van der Waals surface area contributed by atoms with E-state index in [-0.39, 0.29) is 11.7 Å². The maximum absolute atomic E-state index is 12.9. The van der Waals surface area contributed by atoms with Crippen molar-refractivity contribution < 1.29 is 13.2 Å². The topological polar surface area (TPSA) is 79.4 Å². The number of nitrogens with one attached hydrogen (secondary N) is 1. The summed E-state index contributed by atoms with van der Waals surface area (Å²) in [5.74, 6) is -0.162. The average Bonchev–Trinajstić information content (AvgIpc) is 2.83. The summed E-state index contributed by atoms with van der Waals surface area (Å²) in [5, 5.41) is 5.43. The molecule has 5 rings (SSSR count). The van der Waals surface area contributed by atoms with E-state index in [2.05, 4.69) is 10.3 Å². The summed E-state index contributed by atoms with van der Waals surface area (Å²) in [6, 6.07) is 21.8. The fourth-order valence-corrected chi connectivity index (χ4v) is 6.08. The van der Waals surface area contributed by atoms with Crippen molar-refractivity contribution in [3.8, 4) is 11.3 Å². The molecule has 1 aromatic heterocycles. The first-order valence-electron chi connectivity index (χ1n) is 11.0. The van der Waals surface area contributed by atoms with E-state index in [0.717, 1.165) is 28.5 Å². The molecule has 1 amide bonds. The van der Waals surface area contributed by atoms with Crippen molar-refractivity contribution in [2.45, 2.75) is 12.8 Å². The van der Waals surface area contributed by atoms with Crippen molar-refractivity contribution in [3.05, 3.63) is 89.6 Å². The van der Waals surface area contributed by atoms with Crippen LogP contribution >= 0.6 is 11.6 Å². The molecule has 0 radical (unpaired) electrons. The second-order valence-corrected chi connectivity index (χ2v) is 10.7. The third kappa shape index (κ3) is 4.49. The van der Waals surface area contributed by atoms with Crippen molar-refractivity contribution in [1.29, 1.82) is 0 Å². The molecule has 172 valence electrons. The van der Waals surface area contributed by atoms with Gasteiger partial charge in [0.05, 0.1) is 17.1 Å². The minimum Gasteiger partial charge on any atom is -0.322 e. The van der Waals surface area contributed by atoms with E-state index in [9.17, 15) is 13.2 Å². The third-order valence-electron chi connectivity index (χ3n) is 5.87. The minimum atomic E-state index is -3.30. The lowest BCUT2D eigenvalue weighted by molar-refractivity contribution is 0.102. The van der Waals surface area contributed by atoms with E-state index in [1.54, 1.807) is 36.5 Å². The highest BCUT2D eigenvalue weighted by Crippen LogP contribution is 2.31. The molecule has 34 heavy (non-hydrogen) atoms. The molecule has 0 aliphatic carbocycles. The summed E-state index contributed by atoms with van der Waals surface area (Å²) in [4.78, 5) is 17.4. The van der Waals surface area contributed by atoms with E-state index in [4.69, 9.17) is 11.6 Å². The Bertz CT molecular complexity index is 1480. The van der Waals surface area contributed by atoms with Gasteiger partial charge in [-0.3, -0.25) is 14.1 Å². The molecule has 6 nitrogen and oxygen atoms in total. The summed E-state index contributed by atoms with van der Waals surface area (Å²) < 4.78 is 26.1. The fraction of sp³-hybridized carbons (Fsp3) is 0.154. The van der Waals surface area contributed by atoms with E-state index in [1.807, 2.05) is 42.5 Å². The monoisotopic (exact) mass is 491 g/mol. The number of hydrogen-bond acceptors (Lipinski definition) is 4. The molecule has 4 aromatic rings. The molecule has 1 aliphatic heterocycles. The van der Waals surface area contributed by atoms with Gasteiger partial charge >= 0.3 is 0 Å². The lowest BCUT2D eigenvalue weighted by atomic mass is 10.0. The van der Waals surface area contributed by atoms with Crippen LogP contribution in [0.25, 0.3) is 22.0 Å². The van der Waals surface area contributed by atoms with Crippen LogP contribution < -0.4 is 9.62 Å². The average molecular weight is 492 g/mol. The Hall–Kier alpha value is -3.42. The van der Waals surface area contributed by atoms with Crippen molar-refractivity contribution in [3.63, 3.8) is 0 Å². The number of sulfonamides is 1. The summed E-state index contributed by atoms with van der Waals surface area (Å²) in [7, 11) is -3.30. The van der Waals surface area contributed by atoms with Gasteiger partial charge in [-0.2, -0.15) is 0 Å². The molecule has 0 spiro atoms. The molecule has 0 unspecified atom stereocenters. The number of nitrogens with zero attached hydrogens (tertiary/aromatic N) is 2. The largest absolute Gasteiger partial charge is 0.322 e. The van der Waals surface area contributed by atoms with Crippen LogP contribution in [-0.2, 0) is 10.0 Å². The zero-order valence-electron chi connectivity index (χ0n) is 18.2. The van der Waals surface area contributed by atoms with E-state index < -0.39 is 10.0 Å². The summed E-state index contributed by atoms with van der Waals surface area (Å²) in [6.45, 7) is 0.460. The molecule has 0 atom stereocenters. The molecule has 0 bridgehead atoms. The molecule has 0 saturated carbocycles. The van der Waals surface area contributed by atoms with Crippen LogP contribution in [0.4, 0.5) is 11.4 Å². The number of pyridine rings is 1. The van der Waals surface area contributed by atoms with Gasteiger partial charge in [0.1, 0.15) is 0 Å². The number of benzene rings is 3. The Morgan fingerprint density at radius 2 is 1.76 bits per heavy atom. The fourth-order valence-electron chi connectivity index (χ4n) is 4.21. The van der Waals surface area contributed by atoms with Gasteiger partial charge in [-0.15, -0.1) is 0 Å². The van der Waals surface area contributed by atoms with Crippen LogP contribution in [0.2, 0.25) is 5.02 Å². The maximum atomic E-state index is 12.9. The first-order valence-corrected chi connectivity index (χ1v) is 13.0. The SMILES string of the molecule is O=C(Nc1cc(Cl)cc(-c2nccc3ccccc23)c1)c1ccc(N2CCCCS2(=O)=O)cc1. The molecule has 1 aliphatic rings. The van der Waals surface area contributed by atoms with Gasteiger partial charge in [0.2, 0.25) is 10.0 Å². The Morgan fingerprint density at radius 3 is 2.56 bits per heavy atom. The summed E-state index contributed by atoms with van der Waals surface area (Å²) >= 11 is 6.37. The first-order chi connectivity index (χ1) is 16.4. The molecule has 1 fully saturated rings. The van der Waals surface area contributed by atoms with E-state index >= 15 is 0 Å². The molecule has 2 heterocycles. The molecule has 8 heteroatoms. The lowest BCUT2D eigenvalue weighted by Gasteiger charge is -2.28. The van der Waals surface area contributed by atoms with Crippen LogP contribution in [0.5, 0.6) is 0 Å². The van der Waals surface area contributed by atoms with Crippen molar-refractivity contribution in [2.75, 3.05) is 21.9 Å². The van der Waals surface area contributed by atoms with Crippen molar-refractivity contribution in [2.24, 2.45) is 0 Å². The summed E-state index contributed by atoms with van der Waals surface area (Å²) in [5.41, 5.74) is 3.12. The van der Waals surface area contributed by atoms with Crippen molar-refractivity contribution >= 4 is 49.7 Å². The van der Waals surface area contributed by atoms with Gasteiger partial charge in [0, 0.05) is 40.0 Å². The highest BCUT2D eigenvalue weighted by atomic mass is 35.5. The van der Waals surface area contributed by atoms with Crippen LogP contribution in [0, 0.1) is 0 Å². The van der Waals surface area contributed by atoms with Crippen molar-refractivity contribution in [1.82, 2.24) is 4.98 Å². The smallest absolute Gasteiger partial charge is 0.255 e. The Kier molecular flexibility index (Phi) is 5.98. The van der Waals surface area contributed by atoms with Crippen LogP contribution in [0.1, 0.15) is 23.2 Å². The number of fused-ring (bicyclic) bond motifs is 1. The number of aromatic nitrogens is 1. The van der Waals surface area contributed by atoms with E-state index in [0.29, 0.717) is 34.9 Å². The standard InChI is InChI=1S/C26H22ClN3O3S/c27-21-15-20(25-24-6-2-1-5-18(24)11-12-28-25)16-22(17-21)29-26(31)19-7-9-23(10-8-19)30-13-3-4-14-34(30,32)33/h1-2,5-12,15-17H,3-4,13-14H2,(H,29,31). The van der Waals surface area contributed by atoms with Gasteiger partial charge in [-0.1, -0.05) is 35.9 Å². The Morgan fingerprint density at radius 1 is 0.971 bits per heavy atom. The number of hydrogen-bond donors (Lipinski definition) is 1. The highest BCUT2D eigenvalue weighted by molar-refractivity contribution is 7.92. The number of amides is 1. The Labute approximate surface area is 203 Å². The minimum absolute atomic E-state index is 0.151. The summed E-state index contributed by atoms with van der Waals surface area (Å²) in [6.07, 6.45) is 3.25. The third-order valence-corrected chi connectivity index (χ3v) is 7.96. The number of carbonyl (C=O) groups excluding carboxylic acids is 1. The normalized spacial score (nSPS) is 15.3. The lowest BCUT2D eigenvalue weighted by Crippen LogP contribution is -2.37. The van der Waals surface area contributed by atoms with Crippen LogP contribution in [0.15, 0.2) is 79.0 Å². The Balaban J connectivity index is 1.40. The molecule has 1 saturated heterocycles. The molecule has 3 aromatic carbocycles. The number of rotatable bonds is 4. The zero-order valence-corrected chi connectivity index (χ0v) is 19.8. The molecular weight excluding hydrogens is 470 g/mol. The highest BCUT2D eigenvalue weighted by Gasteiger charge is 2.26. The zero-order chi connectivity index (χ0) is 23.7. The van der Waals surface area contributed by atoms with Gasteiger partial charge in [0.15, 0.2) is 0 Å². The second kappa shape index (κ2) is 9.08. The van der Waals surface area contributed by atoms with Gasteiger partial charge in [-0.05, 0) is 66.8 Å². The molecular formula is C26H22ClN3O3S. The van der Waals surface area contributed by atoms with E-state index in [1.165, 1.54) is 4.31 Å².